The van der Waals surface area contributed by atoms with Gasteiger partial charge < -0.3 is 9.64 Å². The summed E-state index contributed by atoms with van der Waals surface area (Å²) in [5.41, 5.74) is -0.0452. The highest BCUT2D eigenvalue weighted by atomic mass is 19.4. The monoisotopic (exact) mass is 388 g/mol. The van der Waals surface area contributed by atoms with E-state index in [1.54, 1.807) is 10.7 Å². The van der Waals surface area contributed by atoms with Crippen LogP contribution in [-0.4, -0.2) is 53.2 Å². The summed E-state index contributed by atoms with van der Waals surface area (Å²) in [6, 6.07) is 1.53. The number of nitrogens with zero attached hydrogens (tertiary/aromatic N) is 3. The van der Waals surface area contributed by atoms with Crippen molar-refractivity contribution in [2.75, 3.05) is 31.6 Å². The molecule has 2 aliphatic rings. The van der Waals surface area contributed by atoms with E-state index >= 15 is 0 Å². The normalized spacial score (nSPS) is 23.1. The van der Waals surface area contributed by atoms with Crippen LogP contribution in [0.1, 0.15) is 44.8 Å². The standard InChI is InChI=1S/C18H27F3N4O2/c1-12(2)25-13(3)10-15(23-25)22-16(26)24-7-4-14(18(19,20)21)17(11-24)5-8-27-9-6-17/h10,12,14H,4-9,11H2,1-3H3,(H,22,23,26)/t14-/m1/s1. The number of amides is 2. The van der Waals surface area contributed by atoms with Gasteiger partial charge in [-0.25, -0.2) is 4.79 Å². The molecule has 3 rings (SSSR count). The Morgan fingerprint density at radius 1 is 1.37 bits per heavy atom. The average molecular weight is 388 g/mol. The molecular weight excluding hydrogens is 361 g/mol. The van der Waals surface area contributed by atoms with Gasteiger partial charge in [0.2, 0.25) is 0 Å². The van der Waals surface area contributed by atoms with Crippen molar-refractivity contribution < 1.29 is 22.7 Å². The minimum atomic E-state index is -4.26. The fraction of sp³-hybridized carbons (Fsp3) is 0.778. The first-order valence-electron chi connectivity index (χ1n) is 9.39. The van der Waals surface area contributed by atoms with Gasteiger partial charge in [0.1, 0.15) is 0 Å². The average Bonchev–Trinajstić information content (AvgIpc) is 2.95. The van der Waals surface area contributed by atoms with E-state index in [0.29, 0.717) is 31.9 Å². The minimum absolute atomic E-state index is 0.0730. The second kappa shape index (κ2) is 7.33. The molecule has 2 fully saturated rings. The zero-order valence-corrected chi connectivity index (χ0v) is 16.0. The largest absolute Gasteiger partial charge is 0.392 e. The van der Waals surface area contributed by atoms with E-state index in [1.807, 2.05) is 20.8 Å². The number of carbonyl (C=O) groups is 1. The van der Waals surface area contributed by atoms with Gasteiger partial charge >= 0.3 is 12.2 Å². The molecule has 2 aliphatic heterocycles. The van der Waals surface area contributed by atoms with Crippen LogP contribution in [0.4, 0.5) is 23.8 Å². The number of piperidine rings is 1. The number of aromatic nitrogens is 2. The second-order valence-corrected chi connectivity index (χ2v) is 7.92. The molecule has 0 radical (unpaired) electrons. The molecule has 3 heterocycles. The fourth-order valence-electron chi connectivity index (χ4n) is 4.39. The second-order valence-electron chi connectivity index (χ2n) is 7.92. The third-order valence-electron chi connectivity index (χ3n) is 5.75. The topological polar surface area (TPSA) is 59.4 Å². The highest BCUT2D eigenvalue weighted by molar-refractivity contribution is 5.88. The molecule has 9 heteroatoms. The number of urea groups is 1. The molecule has 0 aliphatic carbocycles. The van der Waals surface area contributed by atoms with Crippen LogP contribution in [0.15, 0.2) is 6.07 Å². The SMILES string of the molecule is Cc1cc(NC(=O)N2CC[C@@H](C(F)(F)F)C3(CCOCC3)C2)nn1C(C)C. The molecule has 1 aromatic heterocycles. The Balaban J connectivity index is 1.74. The number of likely N-dealkylation sites (tertiary alicyclic amines) is 1. The van der Waals surface area contributed by atoms with Crippen LogP contribution in [0.25, 0.3) is 0 Å². The van der Waals surface area contributed by atoms with E-state index in [9.17, 15) is 18.0 Å². The van der Waals surface area contributed by atoms with Crippen LogP contribution < -0.4 is 5.32 Å². The third-order valence-corrected chi connectivity index (χ3v) is 5.75. The smallest absolute Gasteiger partial charge is 0.381 e. The number of hydrogen-bond donors (Lipinski definition) is 1. The van der Waals surface area contributed by atoms with Crippen molar-refractivity contribution in [3.8, 4) is 0 Å². The molecule has 0 saturated carbocycles. The lowest BCUT2D eigenvalue weighted by molar-refractivity contribution is -0.232. The molecule has 2 amide bonds. The number of hydrogen-bond acceptors (Lipinski definition) is 3. The number of carbonyl (C=O) groups excluding carboxylic acids is 1. The maximum Gasteiger partial charge on any atom is 0.392 e. The van der Waals surface area contributed by atoms with Crippen LogP contribution in [0.3, 0.4) is 0 Å². The molecule has 1 N–H and O–H groups in total. The molecule has 6 nitrogen and oxygen atoms in total. The predicted molar refractivity (Wildman–Crippen MR) is 94.6 cm³/mol. The van der Waals surface area contributed by atoms with E-state index in [2.05, 4.69) is 10.4 Å². The predicted octanol–water partition coefficient (Wildman–Crippen LogP) is 3.99. The van der Waals surface area contributed by atoms with E-state index in [0.717, 1.165) is 5.69 Å². The van der Waals surface area contributed by atoms with Crippen LogP contribution >= 0.6 is 0 Å². The summed E-state index contributed by atoms with van der Waals surface area (Å²) in [7, 11) is 0. The molecule has 27 heavy (non-hydrogen) atoms. The Morgan fingerprint density at radius 3 is 2.59 bits per heavy atom. The van der Waals surface area contributed by atoms with Crippen molar-refractivity contribution in [1.29, 1.82) is 0 Å². The van der Waals surface area contributed by atoms with Crippen molar-refractivity contribution in [2.45, 2.75) is 52.3 Å². The third kappa shape index (κ3) is 4.07. The summed E-state index contributed by atoms with van der Waals surface area (Å²) in [4.78, 5) is 14.2. The fourth-order valence-corrected chi connectivity index (χ4v) is 4.39. The Hall–Kier alpha value is -1.77. The van der Waals surface area contributed by atoms with Gasteiger partial charge in [0.25, 0.3) is 0 Å². The molecule has 0 aromatic carbocycles. The van der Waals surface area contributed by atoms with Crippen molar-refractivity contribution in [3.05, 3.63) is 11.8 Å². The Labute approximate surface area is 157 Å². The molecule has 1 atom stereocenters. The summed E-state index contributed by atoms with van der Waals surface area (Å²) in [5.74, 6) is -0.967. The highest BCUT2D eigenvalue weighted by Gasteiger charge is 2.56. The first-order chi connectivity index (χ1) is 12.6. The number of nitrogens with one attached hydrogen (secondary N) is 1. The Kier molecular flexibility index (Phi) is 5.42. The number of ether oxygens (including phenoxy) is 1. The summed E-state index contributed by atoms with van der Waals surface area (Å²) < 4.78 is 47.9. The van der Waals surface area contributed by atoms with E-state index in [-0.39, 0.29) is 25.6 Å². The molecule has 1 spiro atoms. The number of rotatable bonds is 2. The van der Waals surface area contributed by atoms with Crippen LogP contribution in [0.5, 0.6) is 0 Å². The van der Waals surface area contributed by atoms with Gasteiger partial charge in [0, 0.05) is 49.5 Å². The molecule has 2 saturated heterocycles. The van der Waals surface area contributed by atoms with Crippen molar-refractivity contribution in [1.82, 2.24) is 14.7 Å². The molecule has 0 bridgehead atoms. The van der Waals surface area contributed by atoms with Gasteiger partial charge in [-0.15, -0.1) is 0 Å². The summed E-state index contributed by atoms with van der Waals surface area (Å²) in [5, 5.41) is 7.11. The van der Waals surface area contributed by atoms with Crippen molar-refractivity contribution in [3.63, 3.8) is 0 Å². The number of aryl methyl sites for hydroxylation is 1. The Bertz CT molecular complexity index is 681. The first kappa shape index (κ1) is 20.0. The molecule has 1 aromatic rings. The van der Waals surface area contributed by atoms with E-state index in [4.69, 9.17) is 4.74 Å². The van der Waals surface area contributed by atoms with Gasteiger partial charge in [-0.2, -0.15) is 18.3 Å². The highest BCUT2D eigenvalue weighted by Crippen LogP contribution is 2.50. The zero-order chi connectivity index (χ0) is 19.8. The van der Waals surface area contributed by atoms with Crippen molar-refractivity contribution >= 4 is 11.8 Å². The minimum Gasteiger partial charge on any atom is -0.381 e. The summed E-state index contributed by atoms with van der Waals surface area (Å²) in [6.07, 6.45) is -3.69. The lowest BCUT2D eigenvalue weighted by Crippen LogP contribution is -2.57. The van der Waals surface area contributed by atoms with Crippen molar-refractivity contribution in [2.24, 2.45) is 11.3 Å². The summed E-state index contributed by atoms with van der Waals surface area (Å²) in [6.45, 7) is 6.66. The zero-order valence-electron chi connectivity index (χ0n) is 16.0. The van der Waals surface area contributed by atoms with Crippen LogP contribution in [-0.2, 0) is 4.74 Å². The van der Waals surface area contributed by atoms with Gasteiger partial charge in [0.05, 0.1) is 5.92 Å². The lowest BCUT2D eigenvalue weighted by Gasteiger charge is -2.50. The molecule has 0 unspecified atom stereocenters. The van der Waals surface area contributed by atoms with Gasteiger partial charge in [-0.3, -0.25) is 10.00 Å². The number of anilines is 1. The Morgan fingerprint density at radius 2 is 2.04 bits per heavy atom. The number of halogens is 3. The van der Waals surface area contributed by atoms with Crippen LogP contribution in [0.2, 0.25) is 0 Å². The van der Waals surface area contributed by atoms with E-state index in [1.165, 1.54) is 4.90 Å². The maximum atomic E-state index is 13.6. The molecular formula is C18H27F3N4O2. The first-order valence-corrected chi connectivity index (χ1v) is 9.39. The summed E-state index contributed by atoms with van der Waals surface area (Å²) >= 11 is 0. The van der Waals surface area contributed by atoms with Gasteiger partial charge in [0.15, 0.2) is 5.82 Å². The molecule has 152 valence electrons. The van der Waals surface area contributed by atoms with Gasteiger partial charge in [-0.1, -0.05) is 0 Å². The van der Waals surface area contributed by atoms with Crippen LogP contribution in [0, 0.1) is 18.3 Å². The quantitative estimate of drug-likeness (QED) is 0.834. The van der Waals surface area contributed by atoms with Gasteiger partial charge in [-0.05, 0) is 40.0 Å². The lowest BCUT2D eigenvalue weighted by atomic mass is 9.66. The maximum absolute atomic E-state index is 13.6. The van der Waals surface area contributed by atoms with E-state index < -0.39 is 23.5 Å². The number of alkyl halides is 3.